The Labute approximate surface area is 202 Å². The van der Waals surface area contributed by atoms with E-state index >= 15 is 0 Å². The summed E-state index contributed by atoms with van der Waals surface area (Å²) in [5.41, 5.74) is 1.53. The minimum atomic E-state index is -4.43. The molecular weight excluding hydrogens is 453 g/mol. The fraction of sp³-hybridized carbons (Fsp3) is 0.286. The van der Waals surface area contributed by atoms with Gasteiger partial charge in [0.25, 0.3) is 0 Å². The van der Waals surface area contributed by atoms with Crippen LogP contribution in [0.1, 0.15) is 34.2 Å². The summed E-state index contributed by atoms with van der Waals surface area (Å²) >= 11 is 0. The van der Waals surface area contributed by atoms with E-state index < -0.39 is 17.2 Å². The number of benzene rings is 3. The molecule has 1 saturated heterocycles. The van der Waals surface area contributed by atoms with Crippen LogP contribution in [-0.4, -0.2) is 41.2 Å². The summed E-state index contributed by atoms with van der Waals surface area (Å²) in [7, 11) is 0. The van der Waals surface area contributed by atoms with Gasteiger partial charge in [-0.25, -0.2) is 0 Å². The highest BCUT2D eigenvalue weighted by atomic mass is 19.4. The molecule has 2 heterocycles. The van der Waals surface area contributed by atoms with Crippen LogP contribution in [0.4, 0.5) is 13.2 Å². The van der Waals surface area contributed by atoms with Crippen molar-refractivity contribution in [1.82, 2.24) is 9.80 Å². The second kappa shape index (κ2) is 8.87. The molecule has 0 radical (unpaired) electrons. The number of halogens is 3. The first-order chi connectivity index (χ1) is 16.8. The first-order valence-corrected chi connectivity index (χ1v) is 11.7. The van der Waals surface area contributed by atoms with Crippen molar-refractivity contribution in [3.63, 3.8) is 0 Å². The number of alkyl halides is 3. The van der Waals surface area contributed by atoms with E-state index in [0.717, 1.165) is 28.8 Å². The van der Waals surface area contributed by atoms with Crippen molar-refractivity contribution in [2.45, 2.75) is 31.0 Å². The van der Waals surface area contributed by atoms with E-state index in [1.807, 2.05) is 60.7 Å². The van der Waals surface area contributed by atoms with Gasteiger partial charge in [-0.1, -0.05) is 66.7 Å². The lowest BCUT2D eigenvalue weighted by Gasteiger charge is -2.32. The molecule has 3 aromatic rings. The molecule has 0 aromatic heterocycles. The number of carbonyl (C=O) groups excluding carboxylic acids is 2. The Kier molecular flexibility index (Phi) is 5.87. The molecule has 5 rings (SSSR count). The lowest BCUT2D eigenvalue weighted by Crippen LogP contribution is -2.45. The molecule has 2 aliphatic rings. The maximum atomic E-state index is 13.8. The summed E-state index contributed by atoms with van der Waals surface area (Å²) in [5, 5.41) is 0. The Balaban J connectivity index is 1.36. The minimum Gasteiger partial charge on any atom is -0.336 e. The van der Waals surface area contributed by atoms with Gasteiger partial charge in [0.2, 0.25) is 11.8 Å². The topological polar surface area (TPSA) is 40.6 Å². The predicted octanol–water partition coefficient (Wildman–Crippen LogP) is 4.81. The Morgan fingerprint density at radius 2 is 1.49 bits per heavy atom. The summed E-state index contributed by atoms with van der Waals surface area (Å²) in [5.74, 6) is -0.377. The third kappa shape index (κ3) is 4.20. The van der Waals surface area contributed by atoms with Gasteiger partial charge < -0.3 is 9.80 Å². The van der Waals surface area contributed by atoms with Gasteiger partial charge in [0.15, 0.2) is 0 Å². The molecule has 0 atom stereocenters. The first kappa shape index (κ1) is 23.1. The fourth-order valence-electron chi connectivity index (χ4n) is 5.29. The third-order valence-electron chi connectivity index (χ3n) is 7.17. The fourth-order valence-corrected chi connectivity index (χ4v) is 5.29. The van der Waals surface area contributed by atoms with E-state index in [2.05, 4.69) is 0 Å². The van der Waals surface area contributed by atoms with Gasteiger partial charge >= 0.3 is 6.18 Å². The van der Waals surface area contributed by atoms with E-state index in [0.29, 0.717) is 31.5 Å². The van der Waals surface area contributed by atoms with Crippen LogP contribution in [0.15, 0.2) is 78.9 Å². The van der Waals surface area contributed by atoms with Crippen LogP contribution in [0.25, 0.3) is 0 Å². The maximum Gasteiger partial charge on any atom is 0.416 e. The van der Waals surface area contributed by atoms with Gasteiger partial charge in [-0.05, 0) is 47.2 Å². The molecule has 0 unspecified atom stereocenters. The molecule has 0 bridgehead atoms. The smallest absolute Gasteiger partial charge is 0.336 e. The number of hydrogen-bond acceptors (Lipinski definition) is 2. The Morgan fingerprint density at radius 3 is 2.09 bits per heavy atom. The van der Waals surface area contributed by atoms with Gasteiger partial charge in [0.05, 0.1) is 12.1 Å². The maximum absolute atomic E-state index is 13.8. The van der Waals surface area contributed by atoms with Gasteiger partial charge in [-0.3, -0.25) is 9.59 Å². The monoisotopic (exact) mass is 478 g/mol. The van der Waals surface area contributed by atoms with Crippen molar-refractivity contribution < 1.29 is 22.8 Å². The lowest BCUT2D eigenvalue weighted by atomic mass is 9.73. The van der Waals surface area contributed by atoms with Crippen molar-refractivity contribution in [2.75, 3.05) is 19.6 Å². The lowest BCUT2D eigenvalue weighted by molar-refractivity contribution is -0.140. The summed E-state index contributed by atoms with van der Waals surface area (Å²) in [6.07, 6.45) is -3.39. The standard InChI is InChI=1S/C28H25F3N2O2/c29-28(30,31)24-12-11-20-13-15-32(18-21(20)17-24)25(34)19-33-16-14-27(26(33)35,22-7-3-1-4-8-22)23-9-5-2-6-10-23/h1-12,17H,13-16,18-19H2. The molecule has 0 aliphatic carbocycles. The summed E-state index contributed by atoms with van der Waals surface area (Å²) in [6, 6.07) is 22.9. The quantitative estimate of drug-likeness (QED) is 0.540. The van der Waals surface area contributed by atoms with Gasteiger partial charge in [0, 0.05) is 19.6 Å². The van der Waals surface area contributed by atoms with Crippen molar-refractivity contribution >= 4 is 11.8 Å². The Bertz CT molecular complexity index is 1200. The van der Waals surface area contributed by atoms with Gasteiger partial charge in [-0.2, -0.15) is 13.2 Å². The average molecular weight is 479 g/mol. The second-order valence-electron chi connectivity index (χ2n) is 9.16. The Hall–Kier alpha value is -3.61. The van der Waals surface area contributed by atoms with E-state index in [1.54, 1.807) is 9.80 Å². The zero-order valence-electron chi connectivity index (χ0n) is 19.1. The van der Waals surface area contributed by atoms with E-state index in [9.17, 15) is 22.8 Å². The number of hydrogen-bond donors (Lipinski definition) is 0. The van der Waals surface area contributed by atoms with Crippen LogP contribution in [0.5, 0.6) is 0 Å². The number of amides is 2. The molecule has 180 valence electrons. The molecule has 4 nitrogen and oxygen atoms in total. The highest BCUT2D eigenvalue weighted by Gasteiger charge is 2.49. The zero-order chi connectivity index (χ0) is 24.6. The average Bonchev–Trinajstić information content (AvgIpc) is 3.20. The summed E-state index contributed by atoms with van der Waals surface area (Å²) in [4.78, 5) is 30.2. The van der Waals surface area contributed by atoms with E-state index in [4.69, 9.17) is 0 Å². The van der Waals surface area contributed by atoms with Crippen molar-refractivity contribution in [3.05, 3.63) is 107 Å². The predicted molar refractivity (Wildman–Crippen MR) is 125 cm³/mol. The molecule has 0 spiro atoms. The molecule has 3 aromatic carbocycles. The largest absolute Gasteiger partial charge is 0.416 e. The number of fused-ring (bicyclic) bond motifs is 1. The summed E-state index contributed by atoms with van der Waals surface area (Å²) < 4.78 is 39.5. The minimum absolute atomic E-state index is 0.0887. The third-order valence-corrected chi connectivity index (χ3v) is 7.17. The Morgan fingerprint density at radius 1 is 0.857 bits per heavy atom. The number of rotatable bonds is 4. The first-order valence-electron chi connectivity index (χ1n) is 11.7. The number of carbonyl (C=O) groups is 2. The van der Waals surface area contributed by atoms with Crippen LogP contribution in [0.3, 0.4) is 0 Å². The number of likely N-dealkylation sites (tertiary alicyclic amines) is 1. The van der Waals surface area contributed by atoms with Gasteiger partial charge in [0.1, 0.15) is 5.41 Å². The van der Waals surface area contributed by atoms with Crippen LogP contribution in [0.2, 0.25) is 0 Å². The second-order valence-corrected chi connectivity index (χ2v) is 9.16. The summed E-state index contributed by atoms with van der Waals surface area (Å²) in [6.45, 7) is 0.871. The molecule has 2 amide bonds. The van der Waals surface area contributed by atoms with Crippen LogP contribution in [-0.2, 0) is 34.1 Å². The van der Waals surface area contributed by atoms with Crippen LogP contribution in [0, 0.1) is 0 Å². The van der Waals surface area contributed by atoms with E-state index in [1.165, 1.54) is 6.07 Å². The van der Waals surface area contributed by atoms with Crippen molar-refractivity contribution in [3.8, 4) is 0 Å². The normalized spacial score (nSPS) is 17.4. The van der Waals surface area contributed by atoms with Crippen molar-refractivity contribution in [1.29, 1.82) is 0 Å². The SMILES string of the molecule is O=C(CN1CCC(c2ccccc2)(c2ccccc2)C1=O)N1CCc2ccc(C(F)(F)F)cc2C1. The molecule has 35 heavy (non-hydrogen) atoms. The molecule has 0 saturated carbocycles. The highest BCUT2D eigenvalue weighted by molar-refractivity contribution is 5.96. The molecule has 2 aliphatic heterocycles. The van der Waals surface area contributed by atoms with Crippen molar-refractivity contribution in [2.24, 2.45) is 0 Å². The molecule has 7 heteroatoms. The van der Waals surface area contributed by atoms with Gasteiger partial charge in [-0.15, -0.1) is 0 Å². The molecule has 1 fully saturated rings. The zero-order valence-corrected chi connectivity index (χ0v) is 19.1. The van der Waals surface area contributed by atoms with E-state index in [-0.39, 0.29) is 24.9 Å². The van der Waals surface area contributed by atoms with Crippen LogP contribution >= 0.6 is 0 Å². The number of nitrogens with zero attached hydrogens (tertiary/aromatic N) is 2. The molecule has 0 N–H and O–H groups in total. The highest BCUT2D eigenvalue weighted by Crippen LogP contribution is 2.42. The molecular formula is C28H25F3N2O2. The van der Waals surface area contributed by atoms with Crippen LogP contribution < -0.4 is 0 Å².